The van der Waals surface area contributed by atoms with Crippen LogP contribution in [0.15, 0.2) is 28.7 Å². The molecule has 7 nitrogen and oxygen atoms in total. The van der Waals surface area contributed by atoms with Gasteiger partial charge in [-0.2, -0.15) is 0 Å². The Bertz CT molecular complexity index is 636. The molecule has 0 saturated heterocycles. The zero-order valence-electron chi connectivity index (χ0n) is 11.0. The molecule has 1 N–H and O–H groups in total. The van der Waals surface area contributed by atoms with Gasteiger partial charge < -0.3 is 14.5 Å². The molecule has 7 heteroatoms. The summed E-state index contributed by atoms with van der Waals surface area (Å²) in [6.07, 6.45) is 0. The van der Waals surface area contributed by atoms with Crippen LogP contribution in [-0.4, -0.2) is 28.7 Å². The molecule has 0 saturated carbocycles. The largest absolute Gasteiger partial charge is 0.462 e. The Kier molecular flexibility index (Phi) is 4.09. The van der Waals surface area contributed by atoms with Crippen LogP contribution in [0.3, 0.4) is 0 Å². The number of amides is 1. The molecule has 0 fully saturated rings. The van der Waals surface area contributed by atoms with Gasteiger partial charge in [0.1, 0.15) is 0 Å². The van der Waals surface area contributed by atoms with Crippen LogP contribution in [0.2, 0.25) is 0 Å². The lowest BCUT2D eigenvalue weighted by molar-refractivity contribution is 0.0527. The van der Waals surface area contributed by atoms with E-state index in [1.807, 2.05) is 0 Å². The molecule has 0 aliphatic heterocycles. The molecule has 0 aliphatic rings. The van der Waals surface area contributed by atoms with E-state index in [0.717, 1.165) is 0 Å². The molecule has 1 amide bonds. The van der Waals surface area contributed by atoms with Gasteiger partial charge >= 0.3 is 17.8 Å². The summed E-state index contributed by atoms with van der Waals surface area (Å²) >= 11 is 0. The first-order valence-corrected chi connectivity index (χ1v) is 5.99. The molecular formula is C13H13N3O4. The molecule has 0 atom stereocenters. The van der Waals surface area contributed by atoms with Crippen molar-refractivity contribution in [2.75, 3.05) is 11.9 Å². The number of aromatic nitrogens is 2. The number of ether oxygens (including phenoxy) is 1. The molecule has 1 aromatic heterocycles. The zero-order valence-corrected chi connectivity index (χ0v) is 11.0. The first-order valence-electron chi connectivity index (χ1n) is 5.99. The van der Waals surface area contributed by atoms with Gasteiger partial charge in [-0.25, -0.2) is 4.79 Å². The summed E-state index contributed by atoms with van der Waals surface area (Å²) in [5.41, 5.74) is 0.589. The van der Waals surface area contributed by atoms with Gasteiger partial charge in [0.15, 0.2) is 0 Å². The lowest BCUT2D eigenvalue weighted by atomic mass is 10.2. The van der Waals surface area contributed by atoms with Crippen molar-refractivity contribution < 1.29 is 18.7 Å². The summed E-state index contributed by atoms with van der Waals surface area (Å²) in [7, 11) is 0. The van der Waals surface area contributed by atoms with E-state index in [2.05, 4.69) is 15.5 Å². The van der Waals surface area contributed by atoms with Crippen LogP contribution in [0, 0.1) is 6.92 Å². The molecule has 0 unspecified atom stereocenters. The van der Waals surface area contributed by atoms with E-state index >= 15 is 0 Å². The average molecular weight is 275 g/mol. The standard InChI is InChI=1S/C13H13N3O4/c1-3-19-13(18)9-6-4-5-7-10(9)14-11(17)12-16-15-8(2)20-12/h4-7H,3H2,1-2H3,(H,14,17). The highest BCUT2D eigenvalue weighted by Crippen LogP contribution is 2.17. The molecule has 0 aliphatic carbocycles. The van der Waals surface area contributed by atoms with Crippen molar-refractivity contribution in [1.29, 1.82) is 0 Å². The van der Waals surface area contributed by atoms with Gasteiger partial charge in [-0.05, 0) is 19.1 Å². The summed E-state index contributed by atoms with van der Waals surface area (Å²) in [5.74, 6) is -0.970. The van der Waals surface area contributed by atoms with E-state index in [0.29, 0.717) is 5.69 Å². The number of hydrogen-bond acceptors (Lipinski definition) is 6. The Morgan fingerprint density at radius 2 is 2.05 bits per heavy atom. The Morgan fingerprint density at radius 3 is 2.70 bits per heavy atom. The second-order valence-electron chi connectivity index (χ2n) is 3.85. The van der Waals surface area contributed by atoms with E-state index in [-0.39, 0.29) is 24.0 Å². The van der Waals surface area contributed by atoms with Crippen molar-refractivity contribution in [2.45, 2.75) is 13.8 Å². The van der Waals surface area contributed by atoms with Crippen molar-refractivity contribution in [3.05, 3.63) is 41.6 Å². The minimum Gasteiger partial charge on any atom is -0.462 e. The SMILES string of the molecule is CCOC(=O)c1ccccc1NC(=O)c1nnc(C)o1. The third kappa shape index (κ3) is 3.00. The Balaban J connectivity index is 2.21. The van der Waals surface area contributed by atoms with E-state index in [9.17, 15) is 9.59 Å². The normalized spacial score (nSPS) is 10.1. The number of hydrogen-bond donors (Lipinski definition) is 1. The van der Waals surface area contributed by atoms with Crippen LogP contribution < -0.4 is 5.32 Å². The topological polar surface area (TPSA) is 94.3 Å². The number of carbonyl (C=O) groups is 2. The quantitative estimate of drug-likeness (QED) is 0.855. The molecule has 20 heavy (non-hydrogen) atoms. The van der Waals surface area contributed by atoms with Crippen molar-refractivity contribution in [1.82, 2.24) is 10.2 Å². The average Bonchev–Trinajstić information content (AvgIpc) is 2.86. The third-order valence-electron chi connectivity index (χ3n) is 2.39. The minimum atomic E-state index is -0.581. The number of aryl methyl sites for hydroxylation is 1. The van der Waals surface area contributed by atoms with Gasteiger partial charge in [0.05, 0.1) is 17.9 Å². The number of rotatable bonds is 4. The minimum absolute atomic E-state index is 0.166. The van der Waals surface area contributed by atoms with Gasteiger partial charge in [-0.1, -0.05) is 12.1 Å². The number of anilines is 1. The number of esters is 1. The lowest BCUT2D eigenvalue weighted by Gasteiger charge is -2.08. The molecule has 0 spiro atoms. The maximum Gasteiger partial charge on any atom is 0.340 e. The fourth-order valence-corrected chi connectivity index (χ4v) is 1.54. The number of benzene rings is 1. The number of nitrogens with one attached hydrogen (secondary N) is 1. The van der Waals surface area contributed by atoms with Crippen LogP contribution in [0.25, 0.3) is 0 Å². The highest BCUT2D eigenvalue weighted by atomic mass is 16.5. The summed E-state index contributed by atoms with van der Waals surface area (Å²) in [4.78, 5) is 23.7. The van der Waals surface area contributed by atoms with Crippen molar-refractivity contribution in [3.8, 4) is 0 Å². The molecular weight excluding hydrogens is 262 g/mol. The van der Waals surface area contributed by atoms with E-state index < -0.39 is 11.9 Å². The first-order chi connectivity index (χ1) is 9.61. The fourth-order valence-electron chi connectivity index (χ4n) is 1.54. The van der Waals surface area contributed by atoms with Gasteiger partial charge in [0.2, 0.25) is 5.89 Å². The Labute approximate surface area is 115 Å². The van der Waals surface area contributed by atoms with Gasteiger partial charge in [0, 0.05) is 6.92 Å². The van der Waals surface area contributed by atoms with E-state index in [4.69, 9.17) is 9.15 Å². The molecule has 104 valence electrons. The number of para-hydroxylation sites is 1. The second kappa shape index (κ2) is 5.96. The van der Waals surface area contributed by atoms with Crippen LogP contribution in [-0.2, 0) is 4.74 Å². The van der Waals surface area contributed by atoms with Crippen LogP contribution in [0.5, 0.6) is 0 Å². The smallest absolute Gasteiger partial charge is 0.340 e. The van der Waals surface area contributed by atoms with Crippen molar-refractivity contribution in [2.24, 2.45) is 0 Å². The molecule has 1 aromatic carbocycles. The number of nitrogens with zero attached hydrogens (tertiary/aromatic N) is 2. The Morgan fingerprint density at radius 1 is 1.30 bits per heavy atom. The molecule has 0 bridgehead atoms. The zero-order chi connectivity index (χ0) is 14.5. The predicted octanol–water partition coefficient (Wildman–Crippen LogP) is 1.81. The van der Waals surface area contributed by atoms with Gasteiger partial charge in [-0.15, -0.1) is 10.2 Å². The number of carbonyl (C=O) groups excluding carboxylic acids is 2. The predicted molar refractivity (Wildman–Crippen MR) is 69.4 cm³/mol. The Hall–Kier alpha value is -2.70. The summed E-state index contributed by atoms with van der Waals surface area (Å²) in [6, 6.07) is 6.52. The van der Waals surface area contributed by atoms with E-state index in [1.165, 1.54) is 0 Å². The van der Waals surface area contributed by atoms with Gasteiger partial charge in [-0.3, -0.25) is 4.79 Å². The molecule has 0 radical (unpaired) electrons. The van der Waals surface area contributed by atoms with Crippen molar-refractivity contribution >= 4 is 17.6 Å². The summed E-state index contributed by atoms with van der Waals surface area (Å²) < 4.78 is 9.93. The first kappa shape index (κ1) is 13.7. The summed E-state index contributed by atoms with van der Waals surface area (Å²) in [6.45, 7) is 3.54. The van der Waals surface area contributed by atoms with Crippen LogP contribution in [0.4, 0.5) is 5.69 Å². The summed E-state index contributed by atoms with van der Waals surface area (Å²) in [5, 5.41) is 9.72. The van der Waals surface area contributed by atoms with Crippen molar-refractivity contribution in [3.63, 3.8) is 0 Å². The highest BCUT2D eigenvalue weighted by molar-refractivity contribution is 6.05. The monoisotopic (exact) mass is 275 g/mol. The third-order valence-corrected chi connectivity index (χ3v) is 2.39. The maximum absolute atomic E-state index is 11.9. The van der Waals surface area contributed by atoms with E-state index in [1.54, 1.807) is 38.1 Å². The fraction of sp³-hybridized carbons (Fsp3) is 0.231. The highest BCUT2D eigenvalue weighted by Gasteiger charge is 2.18. The molecule has 2 rings (SSSR count). The van der Waals surface area contributed by atoms with Crippen LogP contribution in [0.1, 0.15) is 33.9 Å². The second-order valence-corrected chi connectivity index (χ2v) is 3.85. The van der Waals surface area contributed by atoms with Crippen LogP contribution >= 0.6 is 0 Å². The molecule has 2 aromatic rings. The van der Waals surface area contributed by atoms with Gasteiger partial charge in [0.25, 0.3) is 0 Å². The lowest BCUT2D eigenvalue weighted by Crippen LogP contribution is -2.16. The maximum atomic E-state index is 11.9. The molecule has 1 heterocycles.